The van der Waals surface area contributed by atoms with E-state index in [1.165, 1.54) is 0 Å². The van der Waals surface area contributed by atoms with E-state index in [-0.39, 0.29) is 12.0 Å². The van der Waals surface area contributed by atoms with Crippen LogP contribution in [0.2, 0.25) is 10.0 Å². The van der Waals surface area contributed by atoms with E-state index in [9.17, 15) is 0 Å². The molecule has 0 aliphatic rings. The summed E-state index contributed by atoms with van der Waals surface area (Å²) in [5, 5.41) is 8.60. The summed E-state index contributed by atoms with van der Waals surface area (Å²) in [7, 11) is 0. The fourth-order valence-electron chi connectivity index (χ4n) is 2.10. The molecule has 1 N–H and O–H groups in total. The van der Waals surface area contributed by atoms with Crippen LogP contribution in [0, 0.1) is 0 Å². The SMILES string of the molecule is CCNC(C)C(C)c1nc(Cc2c(Cl)cccc2Cl)no1. The van der Waals surface area contributed by atoms with Gasteiger partial charge in [-0.1, -0.05) is 48.3 Å². The molecule has 21 heavy (non-hydrogen) atoms. The molecule has 0 radical (unpaired) electrons. The molecule has 1 aromatic carbocycles. The van der Waals surface area contributed by atoms with Gasteiger partial charge in [-0.25, -0.2) is 0 Å². The van der Waals surface area contributed by atoms with E-state index >= 15 is 0 Å². The predicted molar refractivity (Wildman–Crippen MR) is 85.1 cm³/mol. The van der Waals surface area contributed by atoms with Crippen LogP contribution >= 0.6 is 23.2 Å². The van der Waals surface area contributed by atoms with Gasteiger partial charge in [0.25, 0.3) is 0 Å². The van der Waals surface area contributed by atoms with Crippen LogP contribution in [0.5, 0.6) is 0 Å². The number of nitrogens with zero attached hydrogens (tertiary/aromatic N) is 2. The van der Waals surface area contributed by atoms with Crippen LogP contribution in [0.15, 0.2) is 22.7 Å². The normalized spacial score (nSPS) is 14.1. The highest BCUT2D eigenvalue weighted by molar-refractivity contribution is 6.36. The summed E-state index contributed by atoms with van der Waals surface area (Å²) in [6.07, 6.45) is 0.463. The first-order valence-electron chi connectivity index (χ1n) is 7.01. The van der Waals surface area contributed by atoms with Crippen LogP contribution in [-0.2, 0) is 6.42 Å². The van der Waals surface area contributed by atoms with E-state index in [2.05, 4.69) is 36.2 Å². The van der Waals surface area contributed by atoms with Crippen LogP contribution in [0.4, 0.5) is 0 Å². The van der Waals surface area contributed by atoms with Crippen molar-refractivity contribution < 1.29 is 4.52 Å². The molecule has 0 saturated heterocycles. The number of hydrogen-bond donors (Lipinski definition) is 1. The first-order chi connectivity index (χ1) is 10.0. The van der Waals surface area contributed by atoms with Crippen molar-refractivity contribution in [3.05, 3.63) is 45.5 Å². The van der Waals surface area contributed by atoms with Gasteiger partial charge in [0.05, 0.1) is 5.92 Å². The molecule has 0 fully saturated rings. The maximum absolute atomic E-state index is 6.16. The van der Waals surface area contributed by atoms with Gasteiger partial charge in [0.2, 0.25) is 5.89 Å². The van der Waals surface area contributed by atoms with Gasteiger partial charge in [-0.3, -0.25) is 0 Å². The van der Waals surface area contributed by atoms with Crippen molar-refractivity contribution in [3.63, 3.8) is 0 Å². The first-order valence-corrected chi connectivity index (χ1v) is 7.77. The number of nitrogens with one attached hydrogen (secondary N) is 1. The molecule has 0 aliphatic heterocycles. The molecule has 6 heteroatoms. The highest BCUT2D eigenvalue weighted by Gasteiger charge is 2.20. The number of likely N-dealkylation sites (N-methyl/N-ethyl adjacent to an activating group) is 1. The lowest BCUT2D eigenvalue weighted by molar-refractivity contribution is 0.330. The summed E-state index contributed by atoms with van der Waals surface area (Å²) in [4.78, 5) is 4.46. The molecular weight excluding hydrogens is 309 g/mol. The minimum Gasteiger partial charge on any atom is -0.339 e. The monoisotopic (exact) mass is 327 g/mol. The van der Waals surface area contributed by atoms with Gasteiger partial charge in [-0.05, 0) is 31.2 Å². The molecule has 2 aromatic rings. The quantitative estimate of drug-likeness (QED) is 0.868. The lowest BCUT2D eigenvalue weighted by Gasteiger charge is -2.16. The Balaban J connectivity index is 2.13. The van der Waals surface area contributed by atoms with Gasteiger partial charge in [-0.2, -0.15) is 4.98 Å². The molecular formula is C15H19Cl2N3O. The molecule has 114 valence electrons. The zero-order valence-corrected chi connectivity index (χ0v) is 13.9. The van der Waals surface area contributed by atoms with Gasteiger partial charge in [-0.15, -0.1) is 0 Å². The number of benzene rings is 1. The fourth-order valence-corrected chi connectivity index (χ4v) is 2.63. The Morgan fingerprint density at radius 3 is 2.52 bits per heavy atom. The average Bonchev–Trinajstić information content (AvgIpc) is 2.91. The second-order valence-electron chi connectivity index (χ2n) is 5.06. The van der Waals surface area contributed by atoms with Crippen LogP contribution in [0.1, 0.15) is 44.0 Å². The summed E-state index contributed by atoms with van der Waals surface area (Å²) >= 11 is 12.3. The van der Waals surface area contributed by atoms with Crippen LogP contribution in [-0.4, -0.2) is 22.7 Å². The first kappa shape index (κ1) is 16.3. The zero-order valence-electron chi connectivity index (χ0n) is 12.4. The third-order valence-electron chi connectivity index (χ3n) is 3.55. The molecule has 4 nitrogen and oxygen atoms in total. The van der Waals surface area contributed by atoms with E-state index in [1.807, 2.05) is 6.07 Å². The third-order valence-corrected chi connectivity index (χ3v) is 4.25. The Morgan fingerprint density at radius 2 is 1.90 bits per heavy atom. The van der Waals surface area contributed by atoms with Gasteiger partial charge < -0.3 is 9.84 Å². The topological polar surface area (TPSA) is 51.0 Å². The average molecular weight is 328 g/mol. The maximum Gasteiger partial charge on any atom is 0.231 e. The lowest BCUT2D eigenvalue weighted by atomic mass is 10.0. The number of hydrogen-bond acceptors (Lipinski definition) is 4. The van der Waals surface area contributed by atoms with Crippen molar-refractivity contribution in [1.29, 1.82) is 0 Å². The molecule has 0 amide bonds. The standard InChI is InChI=1S/C15H19Cl2N3O/c1-4-18-10(3)9(2)15-19-14(20-21-15)8-11-12(16)6-5-7-13(11)17/h5-7,9-10,18H,4,8H2,1-3H3. The highest BCUT2D eigenvalue weighted by atomic mass is 35.5. The Labute approximate surface area is 134 Å². The van der Waals surface area contributed by atoms with E-state index in [0.717, 1.165) is 12.1 Å². The molecule has 0 spiro atoms. The van der Waals surface area contributed by atoms with Crippen molar-refractivity contribution >= 4 is 23.2 Å². The molecule has 1 heterocycles. The Bertz CT molecular complexity index is 580. The molecule has 0 aliphatic carbocycles. The maximum atomic E-state index is 6.16. The second kappa shape index (κ2) is 7.25. The van der Waals surface area contributed by atoms with E-state index in [0.29, 0.717) is 28.2 Å². The third kappa shape index (κ3) is 3.96. The Hall–Kier alpha value is -1.10. The van der Waals surface area contributed by atoms with Crippen molar-refractivity contribution in [3.8, 4) is 0 Å². The predicted octanol–water partition coefficient (Wildman–Crippen LogP) is 4.07. The number of aromatic nitrogens is 2. The smallest absolute Gasteiger partial charge is 0.231 e. The Morgan fingerprint density at radius 1 is 1.24 bits per heavy atom. The van der Waals surface area contributed by atoms with E-state index in [1.54, 1.807) is 12.1 Å². The molecule has 1 aromatic heterocycles. The van der Waals surface area contributed by atoms with Gasteiger partial charge >= 0.3 is 0 Å². The van der Waals surface area contributed by atoms with Crippen molar-refractivity contribution in [2.45, 2.75) is 39.2 Å². The summed E-state index contributed by atoms with van der Waals surface area (Å²) in [5.74, 6) is 1.37. The van der Waals surface area contributed by atoms with Gasteiger partial charge in [0.1, 0.15) is 0 Å². The summed E-state index contributed by atoms with van der Waals surface area (Å²) in [5.41, 5.74) is 0.820. The number of rotatable bonds is 6. The van der Waals surface area contributed by atoms with Crippen molar-refractivity contribution in [2.75, 3.05) is 6.54 Å². The molecule has 2 atom stereocenters. The lowest BCUT2D eigenvalue weighted by Crippen LogP contribution is -2.30. The largest absolute Gasteiger partial charge is 0.339 e. The van der Waals surface area contributed by atoms with Gasteiger partial charge in [0.15, 0.2) is 5.82 Å². The summed E-state index contributed by atoms with van der Waals surface area (Å²) in [6, 6.07) is 5.70. The van der Waals surface area contributed by atoms with Crippen molar-refractivity contribution in [1.82, 2.24) is 15.5 Å². The fraction of sp³-hybridized carbons (Fsp3) is 0.467. The molecule has 2 rings (SSSR count). The van der Waals surface area contributed by atoms with Gasteiger partial charge in [0, 0.05) is 22.5 Å². The molecule has 0 bridgehead atoms. The van der Waals surface area contributed by atoms with Crippen molar-refractivity contribution in [2.24, 2.45) is 0 Å². The highest BCUT2D eigenvalue weighted by Crippen LogP contribution is 2.26. The second-order valence-corrected chi connectivity index (χ2v) is 5.88. The number of halogens is 2. The van der Waals surface area contributed by atoms with Crippen LogP contribution in [0.25, 0.3) is 0 Å². The van der Waals surface area contributed by atoms with E-state index < -0.39 is 0 Å². The Kier molecular flexibility index (Phi) is 5.62. The minimum atomic E-state index is 0.146. The zero-order chi connectivity index (χ0) is 15.4. The minimum absolute atomic E-state index is 0.146. The summed E-state index contributed by atoms with van der Waals surface area (Å²) in [6.45, 7) is 7.14. The van der Waals surface area contributed by atoms with E-state index in [4.69, 9.17) is 27.7 Å². The van der Waals surface area contributed by atoms with Crippen LogP contribution in [0.3, 0.4) is 0 Å². The summed E-state index contributed by atoms with van der Waals surface area (Å²) < 4.78 is 5.36. The van der Waals surface area contributed by atoms with Crippen LogP contribution < -0.4 is 5.32 Å². The molecule has 0 saturated carbocycles. The molecule has 2 unspecified atom stereocenters.